The maximum Gasteiger partial charge on any atom is 0.460 e. The van der Waals surface area contributed by atoms with E-state index in [1.165, 1.54) is 95.9 Å². The van der Waals surface area contributed by atoms with Gasteiger partial charge < -0.3 is 23.4 Å². The molecule has 0 fully saturated rings. The molecule has 2 atom stereocenters. The maximum absolute atomic E-state index is 15.0. The van der Waals surface area contributed by atoms with Crippen molar-refractivity contribution < 1.29 is 113 Å². The standard InChI is InChI=1S/C41H47F17N2O8Si/c1-23(2)69(24(3)4,22-19-34(42,43)35(44,45)36(46,47)37(48,49)38(50,51)39(52,53)40(54,55)41(56,57)58)67-21-20-66-29-15-11-26(12-16-29)32(31(65-7)25(5)9-8-10-30(61)60-63)68-33(62)59-27-13-17-28(64-6)18-14-27/h8-18,23-24,31-32,63H,19-22H2,1-7H3,(H,59,62)(H,60,61)/b10-8+,25-9+/t31-,32-/m1/s1. The van der Waals surface area contributed by atoms with Gasteiger partial charge in [-0.2, -0.15) is 74.6 Å². The van der Waals surface area contributed by atoms with Gasteiger partial charge >= 0.3 is 53.7 Å². The van der Waals surface area contributed by atoms with Crippen LogP contribution < -0.4 is 20.3 Å². The summed E-state index contributed by atoms with van der Waals surface area (Å²) in [6.07, 6.45) is -10.0. The Labute approximate surface area is 384 Å². The average molecular weight is 1050 g/mol. The third-order valence-electron chi connectivity index (χ3n) is 10.8. The Balaban J connectivity index is 2.36. The average Bonchev–Trinajstić information content (AvgIpc) is 3.25. The summed E-state index contributed by atoms with van der Waals surface area (Å²) in [5, 5.41) is 11.3. The normalized spacial score (nSPS) is 15.1. The number of carbonyl (C=O) groups is 2. The van der Waals surface area contributed by atoms with E-state index in [0.717, 1.165) is 6.08 Å². The number of halogens is 17. The van der Waals surface area contributed by atoms with Crippen LogP contribution in [0, 0.1) is 0 Å². The molecule has 3 N–H and O–H groups in total. The van der Waals surface area contributed by atoms with Crippen molar-refractivity contribution in [2.45, 2.75) is 118 Å². The van der Waals surface area contributed by atoms with E-state index in [0.29, 0.717) is 17.0 Å². The van der Waals surface area contributed by atoms with Crippen molar-refractivity contribution >= 4 is 26.0 Å². The molecule has 28 heteroatoms. The monoisotopic (exact) mass is 1050 g/mol. The number of nitrogens with one attached hydrogen (secondary N) is 2. The molecular weight excluding hydrogens is 1000 g/mol. The molecule has 0 aliphatic carbocycles. The molecule has 0 bridgehead atoms. The van der Waals surface area contributed by atoms with Crippen molar-refractivity contribution in [3.63, 3.8) is 0 Å². The van der Waals surface area contributed by atoms with Gasteiger partial charge in [0.2, 0.25) is 0 Å². The number of carbonyl (C=O) groups excluding carboxylic acids is 2. The summed E-state index contributed by atoms with van der Waals surface area (Å²) < 4.78 is 264. The number of amides is 2. The fraction of sp³-hybridized carbons (Fsp3) is 0.561. The van der Waals surface area contributed by atoms with Crippen LogP contribution >= 0.6 is 0 Å². The van der Waals surface area contributed by atoms with Crippen molar-refractivity contribution in [3.8, 4) is 11.5 Å². The zero-order valence-electron chi connectivity index (χ0n) is 37.2. The highest BCUT2D eigenvalue weighted by atomic mass is 28.4. The van der Waals surface area contributed by atoms with Gasteiger partial charge in [-0.25, -0.2) is 10.3 Å². The molecule has 2 rings (SSSR count). The zero-order valence-corrected chi connectivity index (χ0v) is 38.2. The first-order chi connectivity index (χ1) is 31.4. The first kappa shape index (κ1) is 60.3. The lowest BCUT2D eigenvalue weighted by Gasteiger charge is -2.44. The first-order valence-corrected chi connectivity index (χ1v) is 22.2. The molecular formula is C41H47F17N2O8Si. The number of rotatable bonds is 25. The fourth-order valence-electron chi connectivity index (χ4n) is 6.71. The van der Waals surface area contributed by atoms with Gasteiger partial charge in [-0.3, -0.25) is 15.3 Å². The second-order valence-electron chi connectivity index (χ2n) is 15.8. The lowest BCUT2D eigenvalue weighted by molar-refractivity contribution is -0.461. The fourth-order valence-corrected chi connectivity index (χ4v) is 11.2. The number of alkyl halides is 17. The largest absolute Gasteiger partial charge is 0.497 e. The van der Waals surface area contributed by atoms with Gasteiger partial charge in [0.25, 0.3) is 5.91 Å². The summed E-state index contributed by atoms with van der Waals surface area (Å²) in [7, 11) is -1.34. The number of methoxy groups -OCH3 is 2. The molecule has 10 nitrogen and oxygen atoms in total. The van der Waals surface area contributed by atoms with Gasteiger partial charge in [0.1, 0.15) is 24.2 Å². The van der Waals surface area contributed by atoms with Crippen LogP contribution in [0.3, 0.4) is 0 Å². The Kier molecular flexibility index (Phi) is 19.7. The van der Waals surface area contributed by atoms with E-state index >= 15 is 8.78 Å². The summed E-state index contributed by atoms with van der Waals surface area (Å²) in [5.41, 5.74) is 0.559. The summed E-state index contributed by atoms with van der Waals surface area (Å²) >= 11 is 0. The molecule has 0 saturated heterocycles. The van der Waals surface area contributed by atoms with Crippen LogP contribution in [0.15, 0.2) is 72.3 Å². The van der Waals surface area contributed by atoms with Crippen LogP contribution in [0.1, 0.15) is 52.7 Å². The minimum atomic E-state index is -8.71. The minimum Gasteiger partial charge on any atom is -0.497 e. The predicted molar refractivity (Wildman–Crippen MR) is 213 cm³/mol. The number of hydrogen-bond acceptors (Lipinski definition) is 8. The number of hydrogen-bond donors (Lipinski definition) is 3. The quantitative estimate of drug-likeness (QED) is 0.0171. The zero-order chi connectivity index (χ0) is 53.4. The Morgan fingerprint density at radius 2 is 1.16 bits per heavy atom. The van der Waals surface area contributed by atoms with Gasteiger partial charge in [-0.05, 0) is 71.6 Å². The van der Waals surface area contributed by atoms with E-state index in [4.69, 9.17) is 28.6 Å². The van der Waals surface area contributed by atoms with Crippen molar-refractivity contribution in [1.29, 1.82) is 0 Å². The van der Waals surface area contributed by atoms with Gasteiger partial charge in [0, 0.05) is 25.3 Å². The minimum absolute atomic E-state index is 0.0639. The molecule has 0 aliphatic heterocycles. The number of hydroxylamine groups is 1. The molecule has 0 saturated carbocycles. The van der Waals surface area contributed by atoms with Gasteiger partial charge in [0.05, 0.1) is 13.7 Å². The van der Waals surface area contributed by atoms with E-state index in [1.54, 1.807) is 19.1 Å². The van der Waals surface area contributed by atoms with Gasteiger partial charge in [0.15, 0.2) is 14.4 Å². The highest BCUT2D eigenvalue weighted by molar-refractivity contribution is 6.76. The predicted octanol–water partition coefficient (Wildman–Crippen LogP) is 12.6. The first-order valence-electron chi connectivity index (χ1n) is 19.9. The van der Waals surface area contributed by atoms with E-state index < -0.39 is 117 Å². The molecule has 0 heterocycles. The molecule has 2 amide bonds. The van der Waals surface area contributed by atoms with Crippen molar-refractivity contribution in [3.05, 3.63) is 77.9 Å². The summed E-state index contributed by atoms with van der Waals surface area (Å²) in [6, 6.07) is 10.3. The van der Waals surface area contributed by atoms with Crippen LogP contribution in [0.5, 0.6) is 11.5 Å². The summed E-state index contributed by atoms with van der Waals surface area (Å²) in [6.45, 7) is 5.74. The third-order valence-corrected chi connectivity index (χ3v) is 16.5. The second kappa shape index (κ2) is 22.5. The molecule has 0 spiro atoms. The third kappa shape index (κ3) is 12.6. The maximum atomic E-state index is 15.0. The Bertz CT molecular complexity index is 2060. The Morgan fingerprint density at radius 1 is 0.681 bits per heavy atom. The molecule has 392 valence electrons. The topological polar surface area (TPSA) is 125 Å². The number of ether oxygens (including phenoxy) is 4. The molecule has 0 aliphatic rings. The van der Waals surface area contributed by atoms with E-state index in [-0.39, 0.29) is 11.3 Å². The van der Waals surface area contributed by atoms with Crippen LogP contribution in [0.25, 0.3) is 0 Å². The molecule has 2 aromatic carbocycles. The smallest absolute Gasteiger partial charge is 0.460 e. The summed E-state index contributed by atoms with van der Waals surface area (Å²) in [4.78, 5) is 24.5. The lowest BCUT2D eigenvalue weighted by atomic mass is 9.88. The van der Waals surface area contributed by atoms with E-state index in [9.17, 15) is 75.4 Å². The highest BCUT2D eigenvalue weighted by Gasteiger charge is 2.95. The molecule has 0 radical (unpaired) electrons. The second-order valence-corrected chi connectivity index (χ2v) is 20.8. The molecule has 2 aromatic rings. The lowest BCUT2D eigenvalue weighted by Crippen LogP contribution is -2.74. The Morgan fingerprint density at radius 3 is 1.61 bits per heavy atom. The van der Waals surface area contributed by atoms with Crippen molar-refractivity contribution in [2.75, 3.05) is 32.8 Å². The summed E-state index contributed by atoms with van der Waals surface area (Å²) in [5.74, 6) is -57.3. The number of allylic oxidation sites excluding steroid dienone is 2. The molecule has 0 unspecified atom stereocenters. The van der Waals surface area contributed by atoms with Crippen LogP contribution in [-0.4, -0.2) is 107 Å². The van der Waals surface area contributed by atoms with Crippen molar-refractivity contribution in [1.82, 2.24) is 5.48 Å². The van der Waals surface area contributed by atoms with Crippen LogP contribution in [-0.2, 0) is 18.7 Å². The SMILES string of the molecule is COc1ccc(NC(=O)O[C@H](c2ccc(OCCO[Si](CCC(F)(F)C(F)(F)C(F)(F)C(F)(F)C(F)(F)C(F)(F)C(F)(F)C(F)(F)F)(C(C)C)C(C)C)cc2)[C@H](OC)/C(C)=C/C=C/C(=O)NO)cc1. The van der Waals surface area contributed by atoms with Gasteiger partial charge in [-0.1, -0.05) is 52.0 Å². The van der Waals surface area contributed by atoms with Crippen LogP contribution in [0.2, 0.25) is 17.1 Å². The van der Waals surface area contributed by atoms with Crippen molar-refractivity contribution in [2.24, 2.45) is 0 Å². The van der Waals surface area contributed by atoms with E-state index in [2.05, 4.69) is 5.32 Å². The number of anilines is 1. The number of benzene rings is 2. The van der Waals surface area contributed by atoms with Crippen LogP contribution in [0.4, 0.5) is 85.1 Å². The molecule has 0 aromatic heterocycles. The highest BCUT2D eigenvalue weighted by Crippen LogP contribution is 2.64. The van der Waals surface area contributed by atoms with Gasteiger partial charge in [-0.15, -0.1) is 0 Å². The van der Waals surface area contributed by atoms with E-state index in [1.807, 2.05) is 0 Å². The molecule has 69 heavy (non-hydrogen) atoms. The Hall–Kier alpha value is -4.83.